The Balaban J connectivity index is 2.79. The van der Waals surface area contributed by atoms with Crippen LogP contribution < -0.4 is 0 Å². The molecule has 0 unspecified atom stereocenters. The van der Waals surface area contributed by atoms with Gasteiger partial charge in [0, 0.05) is 13.0 Å². The van der Waals surface area contributed by atoms with Crippen LogP contribution in [0, 0.1) is 0 Å². The van der Waals surface area contributed by atoms with Crippen molar-refractivity contribution in [2.45, 2.75) is 24.8 Å². The number of carbonyl (C=O) groups excluding carboxylic acids is 1. The van der Waals surface area contributed by atoms with E-state index in [-0.39, 0.29) is 5.91 Å². The summed E-state index contributed by atoms with van der Waals surface area (Å²) in [6.45, 7) is -0.732. The van der Waals surface area contributed by atoms with Gasteiger partial charge in [-0.15, -0.1) is 0 Å². The Hall–Kier alpha value is -0.650. The summed E-state index contributed by atoms with van der Waals surface area (Å²) in [5.41, 5.74) is -1.18. The van der Waals surface area contributed by atoms with Crippen molar-refractivity contribution in [1.82, 2.24) is 4.90 Å². The molecule has 0 aromatic carbocycles. The monoisotopic (exact) mass is 203 g/mol. The van der Waals surface area contributed by atoms with E-state index in [1.54, 1.807) is 0 Å². The molecule has 14 heavy (non-hydrogen) atoms. The maximum atomic E-state index is 11.5. The molecule has 0 radical (unpaired) electrons. The largest absolute Gasteiger partial charge is 0.394 e. The van der Waals surface area contributed by atoms with Crippen molar-refractivity contribution in [1.29, 1.82) is 0 Å². The van der Waals surface area contributed by atoms with E-state index >= 15 is 0 Å². The SMILES string of the molecule is O=C1CCCCN1C(CO)(CO)CO. The Bertz CT molecular complexity index is 195. The van der Waals surface area contributed by atoms with E-state index in [0.717, 1.165) is 12.8 Å². The first-order valence-electron chi connectivity index (χ1n) is 4.83. The van der Waals surface area contributed by atoms with Gasteiger partial charge in [0.1, 0.15) is 5.54 Å². The number of aliphatic hydroxyl groups is 3. The Morgan fingerprint density at radius 2 is 1.71 bits per heavy atom. The first-order valence-corrected chi connectivity index (χ1v) is 4.83. The van der Waals surface area contributed by atoms with Gasteiger partial charge in [0.05, 0.1) is 19.8 Å². The molecule has 1 rings (SSSR count). The predicted octanol–water partition coefficient (Wildman–Crippen LogP) is -1.29. The standard InChI is InChI=1S/C9H17NO4/c11-5-9(6-12,7-13)10-4-2-1-3-8(10)14/h11-13H,1-7H2. The molecular formula is C9H17NO4. The van der Waals surface area contributed by atoms with Gasteiger partial charge in [-0.05, 0) is 12.8 Å². The summed E-state index contributed by atoms with van der Waals surface area (Å²) in [5, 5.41) is 27.4. The molecule has 0 aromatic rings. The zero-order valence-electron chi connectivity index (χ0n) is 8.15. The lowest BCUT2D eigenvalue weighted by Crippen LogP contribution is -2.60. The van der Waals surface area contributed by atoms with Crippen LogP contribution >= 0.6 is 0 Å². The third kappa shape index (κ3) is 1.89. The van der Waals surface area contributed by atoms with Crippen LogP contribution in [0.5, 0.6) is 0 Å². The van der Waals surface area contributed by atoms with Gasteiger partial charge in [-0.2, -0.15) is 0 Å². The lowest BCUT2D eigenvalue weighted by atomic mass is 9.96. The quantitative estimate of drug-likeness (QED) is 0.531. The maximum absolute atomic E-state index is 11.5. The van der Waals surface area contributed by atoms with Crippen molar-refractivity contribution < 1.29 is 20.1 Å². The van der Waals surface area contributed by atoms with Crippen LogP contribution in [0.2, 0.25) is 0 Å². The summed E-state index contributed by atoms with van der Waals surface area (Å²) in [5.74, 6) is -0.103. The van der Waals surface area contributed by atoms with Crippen molar-refractivity contribution in [2.75, 3.05) is 26.4 Å². The number of carbonyl (C=O) groups is 1. The Morgan fingerprint density at radius 1 is 1.14 bits per heavy atom. The van der Waals surface area contributed by atoms with Gasteiger partial charge >= 0.3 is 0 Å². The molecule has 0 aliphatic carbocycles. The molecule has 5 heteroatoms. The van der Waals surface area contributed by atoms with Crippen LogP contribution in [0.25, 0.3) is 0 Å². The summed E-state index contributed by atoms with van der Waals surface area (Å²) in [6.07, 6.45) is 2.13. The molecule has 0 atom stereocenters. The average Bonchev–Trinajstić information content (AvgIpc) is 2.24. The molecule has 1 aliphatic rings. The van der Waals surface area contributed by atoms with Crippen molar-refractivity contribution in [2.24, 2.45) is 0 Å². The predicted molar refractivity (Wildman–Crippen MR) is 49.6 cm³/mol. The number of hydrogen-bond donors (Lipinski definition) is 3. The third-order valence-corrected chi connectivity index (χ3v) is 2.78. The molecule has 1 fully saturated rings. The average molecular weight is 203 g/mol. The van der Waals surface area contributed by atoms with Crippen molar-refractivity contribution in [3.05, 3.63) is 0 Å². The molecule has 0 saturated carbocycles. The lowest BCUT2D eigenvalue weighted by molar-refractivity contribution is -0.148. The van der Waals surface area contributed by atoms with E-state index < -0.39 is 25.4 Å². The molecule has 1 heterocycles. The Kier molecular flexibility index (Phi) is 3.86. The molecule has 1 saturated heterocycles. The van der Waals surface area contributed by atoms with Gasteiger partial charge in [-0.25, -0.2) is 0 Å². The smallest absolute Gasteiger partial charge is 0.223 e. The molecule has 1 aliphatic heterocycles. The normalized spacial score (nSPS) is 18.8. The molecule has 5 nitrogen and oxygen atoms in total. The van der Waals surface area contributed by atoms with Crippen LogP contribution in [0.15, 0.2) is 0 Å². The maximum Gasteiger partial charge on any atom is 0.223 e. The van der Waals surface area contributed by atoms with E-state index in [1.807, 2.05) is 0 Å². The molecule has 0 spiro atoms. The van der Waals surface area contributed by atoms with Crippen LogP contribution in [-0.2, 0) is 4.79 Å². The van der Waals surface area contributed by atoms with Crippen LogP contribution in [0.4, 0.5) is 0 Å². The zero-order valence-corrected chi connectivity index (χ0v) is 8.15. The van der Waals surface area contributed by atoms with Gasteiger partial charge < -0.3 is 20.2 Å². The second-order valence-corrected chi connectivity index (χ2v) is 3.70. The Labute approximate surface area is 83.0 Å². The third-order valence-electron chi connectivity index (χ3n) is 2.78. The fraction of sp³-hybridized carbons (Fsp3) is 0.889. The summed E-state index contributed by atoms with van der Waals surface area (Å²) >= 11 is 0. The van der Waals surface area contributed by atoms with Crippen molar-refractivity contribution in [3.63, 3.8) is 0 Å². The highest BCUT2D eigenvalue weighted by molar-refractivity contribution is 5.77. The van der Waals surface area contributed by atoms with Crippen LogP contribution in [-0.4, -0.2) is 58.0 Å². The van der Waals surface area contributed by atoms with Crippen molar-refractivity contribution >= 4 is 5.91 Å². The molecule has 3 N–H and O–H groups in total. The highest BCUT2D eigenvalue weighted by Crippen LogP contribution is 2.21. The summed E-state index contributed by atoms with van der Waals surface area (Å²) in [4.78, 5) is 12.9. The highest BCUT2D eigenvalue weighted by atomic mass is 16.3. The number of piperidine rings is 1. The fourth-order valence-corrected chi connectivity index (χ4v) is 1.71. The Morgan fingerprint density at radius 3 is 2.14 bits per heavy atom. The second-order valence-electron chi connectivity index (χ2n) is 3.70. The number of hydrogen-bond acceptors (Lipinski definition) is 4. The summed E-state index contributed by atoms with van der Waals surface area (Å²) in [7, 11) is 0. The number of aliphatic hydroxyl groups excluding tert-OH is 3. The summed E-state index contributed by atoms with van der Waals surface area (Å²) < 4.78 is 0. The minimum atomic E-state index is -1.18. The van der Waals surface area contributed by atoms with Gasteiger partial charge in [-0.1, -0.05) is 0 Å². The van der Waals surface area contributed by atoms with E-state index in [2.05, 4.69) is 0 Å². The molecule has 0 bridgehead atoms. The van der Waals surface area contributed by atoms with Crippen molar-refractivity contribution in [3.8, 4) is 0 Å². The van der Waals surface area contributed by atoms with E-state index in [1.165, 1.54) is 4.90 Å². The molecular weight excluding hydrogens is 186 g/mol. The van der Waals surface area contributed by atoms with Crippen LogP contribution in [0.1, 0.15) is 19.3 Å². The second kappa shape index (κ2) is 4.72. The van der Waals surface area contributed by atoms with E-state index in [0.29, 0.717) is 13.0 Å². The molecule has 82 valence electrons. The van der Waals surface area contributed by atoms with Crippen LogP contribution in [0.3, 0.4) is 0 Å². The fourth-order valence-electron chi connectivity index (χ4n) is 1.71. The molecule has 0 aromatic heterocycles. The van der Waals surface area contributed by atoms with Gasteiger partial charge in [0.15, 0.2) is 0 Å². The number of rotatable bonds is 4. The van der Waals surface area contributed by atoms with E-state index in [4.69, 9.17) is 15.3 Å². The van der Waals surface area contributed by atoms with Gasteiger partial charge in [0.2, 0.25) is 5.91 Å². The minimum absolute atomic E-state index is 0.103. The van der Waals surface area contributed by atoms with E-state index in [9.17, 15) is 4.79 Å². The lowest BCUT2D eigenvalue weighted by Gasteiger charge is -2.42. The van der Waals surface area contributed by atoms with Gasteiger partial charge in [-0.3, -0.25) is 4.79 Å². The number of amides is 1. The van der Waals surface area contributed by atoms with Gasteiger partial charge in [0.25, 0.3) is 0 Å². The zero-order chi connectivity index (χ0) is 10.6. The highest BCUT2D eigenvalue weighted by Gasteiger charge is 2.39. The number of nitrogens with zero attached hydrogens (tertiary/aromatic N) is 1. The molecule has 1 amide bonds. The topological polar surface area (TPSA) is 81.0 Å². The first-order chi connectivity index (χ1) is 6.70. The minimum Gasteiger partial charge on any atom is -0.394 e. The number of likely N-dealkylation sites (tertiary alicyclic amines) is 1. The first kappa shape index (κ1) is 11.4. The summed E-state index contributed by atoms with van der Waals surface area (Å²) in [6, 6.07) is 0.